The molecule has 1 saturated heterocycles. The van der Waals surface area contributed by atoms with Crippen LogP contribution in [-0.2, 0) is 0 Å². The zero-order chi connectivity index (χ0) is 13.0. The highest BCUT2D eigenvalue weighted by atomic mass is 16.3. The third-order valence-corrected chi connectivity index (χ3v) is 3.53. The Morgan fingerprint density at radius 2 is 2.39 bits per heavy atom. The molecule has 0 saturated carbocycles. The number of pyridine rings is 1. The van der Waals surface area contributed by atoms with Gasteiger partial charge in [-0.25, -0.2) is 4.98 Å². The highest BCUT2D eigenvalue weighted by Crippen LogP contribution is 2.23. The van der Waals surface area contributed by atoms with Crippen molar-refractivity contribution in [3.05, 3.63) is 23.9 Å². The number of carbonyl (C=O) groups is 1. The minimum absolute atomic E-state index is 0.0471. The predicted molar refractivity (Wildman–Crippen MR) is 70.9 cm³/mol. The van der Waals surface area contributed by atoms with Gasteiger partial charge >= 0.3 is 0 Å². The Labute approximate surface area is 108 Å². The van der Waals surface area contributed by atoms with Crippen molar-refractivity contribution in [2.24, 2.45) is 5.92 Å². The fourth-order valence-electron chi connectivity index (χ4n) is 2.47. The van der Waals surface area contributed by atoms with Crippen LogP contribution < -0.4 is 4.90 Å². The molecular weight excluding hydrogens is 228 g/mol. The van der Waals surface area contributed by atoms with Crippen molar-refractivity contribution in [2.75, 3.05) is 24.6 Å². The number of carbonyl (C=O) groups excluding carboxylic acids is 1. The first-order valence-corrected chi connectivity index (χ1v) is 6.53. The molecule has 2 heterocycles. The molecule has 0 radical (unpaired) electrons. The molecule has 4 heteroatoms. The topological polar surface area (TPSA) is 53.4 Å². The van der Waals surface area contributed by atoms with Crippen LogP contribution in [0.2, 0.25) is 0 Å². The maximum Gasteiger partial charge on any atom is 0.161 e. The number of hydrogen-bond acceptors (Lipinski definition) is 4. The SMILES string of the molecule is CC(=O)c1ccc(N2CCCC(CCO)C2)nc1. The maximum absolute atomic E-state index is 11.2. The van der Waals surface area contributed by atoms with Gasteiger partial charge in [0.05, 0.1) is 0 Å². The van der Waals surface area contributed by atoms with E-state index >= 15 is 0 Å². The number of aliphatic hydroxyl groups excluding tert-OH is 1. The number of nitrogens with zero attached hydrogens (tertiary/aromatic N) is 2. The molecule has 1 aliphatic heterocycles. The van der Waals surface area contributed by atoms with Gasteiger partial charge < -0.3 is 10.0 Å². The molecule has 1 N–H and O–H groups in total. The Kier molecular flexibility index (Phi) is 4.31. The summed E-state index contributed by atoms with van der Waals surface area (Å²) in [6.45, 7) is 3.77. The predicted octanol–water partition coefficient (Wildman–Crippen LogP) is 1.88. The van der Waals surface area contributed by atoms with Crippen molar-refractivity contribution in [2.45, 2.75) is 26.2 Å². The fraction of sp³-hybridized carbons (Fsp3) is 0.571. The molecule has 0 aliphatic carbocycles. The van der Waals surface area contributed by atoms with E-state index in [0.717, 1.165) is 31.7 Å². The second kappa shape index (κ2) is 5.96. The van der Waals surface area contributed by atoms with Crippen LogP contribution >= 0.6 is 0 Å². The third kappa shape index (κ3) is 3.07. The first-order valence-electron chi connectivity index (χ1n) is 6.53. The van der Waals surface area contributed by atoms with Gasteiger partial charge in [0.25, 0.3) is 0 Å². The van der Waals surface area contributed by atoms with Crippen LogP contribution in [0.3, 0.4) is 0 Å². The van der Waals surface area contributed by atoms with Crippen LogP contribution in [0.1, 0.15) is 36.5 Å². The van der Waals surface area contributed by atoms with Crippen molar-refractivity contribution < 1.29 is 9.90 Å². The number of aromatic nitrogens is 1. The van der Waals surface area contributed by atoms with Crippen molar-refractivity contribution in [1.82, 2.24) is 4.98 Å². The molecule has 0 amide bonds. The Hall–Kier alpha value is -1.42. The molecular formula is C14H20N2O2. The summed E-state index contributed by atoms with van der Waals surface area (Å²) >= 11 is 0. The lowest BCUT2D eigenvalue weighted by atomic mass is 9.95. The van der Waals surface area contributed by atoms with Crippen molar-refractivity contribution in [1.29, 1.82) is 0 Å². The normalized spacial score (nSPS) is 19.9. The molecule has 98 valence electrons. The summed E-state index contributed by atoms with van der Waals surface area (Å²) in [5.41, 5.74) is 0.655. The van der Waals surface area contributed by atoms with Crippen molar-refractivity contribution in [3.8, 4) is 0 Å². The Morgan fingerprint density at radius 3 is 3.00 bits per heavy atom. The minimum atomic E-state index is 0.0471. The average molecular weight is 248 g/mol. The van der Waals surface area contributed by atoms with Crippen LogP contribution in [-0.4, -0.2) is 35.6 Å². The summed E-state index contributed by atoms with van der Waals surface area (Å²) in [6.07, 6.45) is 4.83. The van der Waals surface area contributed by atoms with E-state index < -0.39 is 0 Å². The van der Waals surface area contributed by atoms with E-state index in [4.69, 9.17) is 5.11 Å². The van der Waals surface area contributed by atoms with Crippen LogP contribution in [0.4, 0.5) is 5.82 Å². The average Bonchev–Trinajstić information content (AvgIpc) is 2.39. The molecule has 0 spiro atoms. The molecule has 1 aromatic heterocycles. The monoisotopic (exact) mass is 248 g/mol. The number of hydrogen-bond donors (Lipinski definition) is 1. The van der Waals surface area contributed by atoms with E-state index in [2.05, 4.69) is 9.88 Å². The van der Waals surface area contributed by atoms with Crippen LogP contribution in [0.25, 0.3) is 0 Å². The smallest absolute Gasteiger partial charge is 0.161 e. The molecule has 4 nitrogen and oxygen atoms in total. The van der Waals surface area contributed by atoms with E-state index in [1.807, 2.05) is 12.1 Å². The quantitative estimate of drug-likeness (QED) is 0.827. The zero-order valence-corrected chi connectivity index (χ0v) is 10.8. The van der Waals surface area contributed by atoms with Gasteiger partial charge in [0, 0.05) is 31.5 Å². The fourth-order valence-corrected chi connectivity index (χ4v) is 2.47. The number of rotatable bonds is 4. The van der Waals surface area contributed by atoms with Crippen LogP contribution in [0.5, 0.6) is 0 Å². The molecule has 2 rings (SSSR count). The van der Waals surface area contributed by atoms with Gasteiger partial charge in [0.2, 0.25) is 0 Å². The lowest BCUT2D eigenvalue weighted by Gasteiger charge is -2.33. The third-order valence-electron chi connectivity index (χ3n) is 3.53. The van der Waals surface area contributed by atoms with Crippen molar-refractivity contribution in [3.63, 3.8) is 0 Å². The molecule has 1 unspecified atom stereocenters. The first-order chi connectivity index (χ1) is 8.70. The summed E-state index contributed by atoms with van der Waals surface area (Å²) < 4.78 is 0. The standard InChI is InChI=1S/C14H20N2O2/c1-11(18)13-4-5-14(15-9-13)16-7-2-3-12(10-16)6-8-17/h4-5,9,12,17H,2-3,6-8,10H2,1H3. The zero-order valence-electron chi connectivity index (χ0n) is 10.8. The van der Waals surface area contributed by atoms with Gasteiger partial charge in [-0.3, -0.25) is 4.79 Å². The second-order valence-electron chi connectivity index (χ2n) is 4.93. The first kappa shape index (κ1) is 13.0. The Morgan fingerprint density at radius 1 is 1.56 bits per heavy atom. The molecule has 18 heavy (non-hydrogen) atoms. The number of aliphatic hydroxyl groups is 1. The van der Waals surface area contributed by atoms with Gasteiger partial charge in [-0.2, -0.15) is 0 Å². The highest BCUT2D eigenvalue weighted by Gasteiger charge is 2.20. The second-order valence-corrected chi connectivity index (χ2v) is 4.93. The summed E-state index contributed by atoms with van der Waals surface area (Å²) in [5, 5.41) is 9.00. The van der Waals surface area contributed by atoms with Gasteiger partial charge in [0.15, 0.2) is 5.78 Å². The van der Waals surface area contributed by atoms with Gasteiger partial charge in [-0.1, -0.05) is 0 Å². The Balaban J connectivity index is 2.04. The maximum atomic E-state index is 11.2. The van der Waals surface area contributed by atoms with Gasteiger partial charge in [-0.15, -0.1) is 0 Å². The molecule has 0 bridgehead atoms. The van der Waals surface area contributed by atoms with E-state index in [9.17, 15) is 4.79 Å². The molecule has 1 atom stereocenters. The van der Waals surface area contributed by atoms with E-state index in [-0.39, 0.29) is 12.4 Å². The van der Waals surface area contributed by atoms with E-state index in [1.165, 1.54) is 6.42 Å². The molecule has 1 fully saturated rings. The molecule has 1 aromatic rings. The van der Waals surface area contributed by atoms with E-state index in [0.29, 0.717) is 11.5 Å². The van der Waals surface area contributed by atoms with Crippen molar-refractivity contribution >= 4 is 11.6 Å². The molecule has 0 aromatic carbocycles. The largest absolute Gasteiger partial charge is 0.396 e. The summed E-state index contributed by atoms with van der Waals surface area (Å²) in [7, 11) is 0. The van der Waals surface area contributed by atoms with Crippen LogP contribution in [0, 0.1) is 5.92 Å². The van der Waals surface area contributed by atoms with E-state index in [1.54, 1.807) is 13.1 Å². The summed E-state index contributed by atoms with van der Waals surface area (Å²) in [5.74, 6) is 1.53. The number of Topliss-reactive ketones (excluding diaryl/α,β-unsaturated/α-hetero) is 1. The lowest BCUT2D eigenvalue weighted by Crippen LogP contribution is -2.36. The number of anilines is 1. The lowest BCUT2D eigenvalue weighted by molar-refractivity contribution is 0.101. The number of ketones is 1. The number of piperidine rings is 1. The van der Waals surface area contributed by atoms with Crippen LogP contribution in [0.15, 0.2) is 18.3 Å². The minimum Gasteiger partial charge on any atom is -0.396 e. The Bertz CT molecular complexity index is 401. The highest BCUT2D eigenvalue weighted by molar-refractivity contribution is 5.93. The van der Waals surface area contributed by atoms with Gasteiger partial charge in [-0.05, 0) is 44.2 Å². The summed E-state index contributed by atoms with van der Waals surface area (Å²) in [4.78, 5) is 17.8. The van der Waals surface area contributed by atoms with Gasteiger partial charge in [0.1, 0.15) is 5.82 Å². The summed E-state index contributed by atoms with van der Waals surface area (Å²) in [6, 6.07) is 3.75. The molecule has 1 aliphatic rings.